The van der Waals surface area contributed by atoms with Crippen LogP contribution in [0.15, 0.2) is 12.4 Å². The Hall–Kier alpha value is -0.660. The van der Waals surface area contributed by atoms with E-state index in [2.05, 4.69) is 43.0 Å². The van der Waals surface area contributed by atoms with Gasteiger partial charge in [0.1, 0.15) is 0 Å². The van der Waals surface area contributed by atoms with Crippen LogP contribution in [0.1, 0.15) is 181 Å². The molecule has 1 heterocycles. The number of rotatable bonds is 27. The van der Waals surface area contributed by atoms with Gasteiger partial charge in [-0.05, 0) is 19.8 Å². The number of nitrogens with zero attached hydrogens (tertiary/aromatic N) is 2. The van der Waals surface area contributed by atoms with Gasteiger partial charge >= 0.3 is 0 Å². The summed E-state index contributed by atoms with van der Waals surface area (Å²) in [6.07, 6.45) is 41.2. The Balaban J connectivity index is 1.84. The van der Waals surface area contributed by atoms with E-state index < -0.39 is 0 Å². The van der Waals surface area contributed by atoms with Crippen molar-refractivity contribution in [1.82, 2.24) is 9.80 Å². The molecule has 35 heavy (non-hydrogen) atoms. The minimum Gasteiger partial charge on any atom is -0.356 e. The average molecular weight is 491 g/mol. The molecule has 1 aliphatic heterocycles. The minimum atomic E-state index is 0.570. The number of unbranched alkanes of at least 4 members (excludes halogenated alkanes) is 23. The van der Waals surface area contributed by atoms with Gasteiger partial charge < -0.3 is 9.80 Å². The van der Waals surface area contributed by atoms with Gasteiger partial charge in [-0.3, -0.25) is 0 Å². The van der Waals surface area contributed by atoms with Crippen LogP contribution in [0.5, 0.6) is 0 Å². The Bertz CT molecular complexity index is 446. The number of hydrogen-bond donors (Lipinski definition) is 0. The highest BCUT2D eigenvalue weighted by atomic mass is 15.4. The predicted molar refractivity (Wildman–Crippen MR) is 159 cm³/mol. The van der Waals surface area contributed by atoms with Crippen molar-refractivity contribution in [2.75, 3.05) is 13.1 Å². The van der Waals surface area contributed by atoms with Crippen LogP contribution in [0.2, 0.25) is 0 Å². The molecular formula is C33H66N2. The van der Waals surface area contributed by atoms with Crippen molar-refractivity contribution in [3.8, 4) is 0 Å². The van der Waals surface area contributed by atoms with Gasteiger partial charge in [-0.15, -0.1) is 0 Å². The van der Waals surface area contributed by atoms with E-state index in [9.17, 15) is 0 Å². The molecule has 0 bridgehead atoms. The third-order valence-electron chi connectivity index (χ3n) is 8.20. The van der Waals surface area contributed by atoms with Gasteiger partial charge in [0.25, 0.3) is 0 Å². The second kappa shape index (κ2) is 25.0. The van der Waals surface area contributed by atoms with Crippen LogP contribution in [0.3, 0.4) is 0 Å². The Labute approximate surface area is 222 Å². The fourth-order valence-corrected chi connectivity index (χ4v) is 5.58. The lowest BCUT2D eigenvalue weighted by Crippen LogP contribution is -2.36. The van der Waals surface area contributed by atoms with Crippen molar-refractivity contribution in [3.63, 3.8) is 0 Å². The van der Waals surface area contributed by atoms with Crippen LogP contribution < -0.4 is 0 Å². The molecule has 0 N–H and O–H groups in total. The summed E-state index contributed by atoms with van der Waals surface area (Å²) in [6, 6.07) is 0. The first-order chi connectivity index (χ1) is 17.3. The average Bonchev–Trinajstić information content (AvgIpc) is 3.21. The van der Waals surface area contributed by atoms with Crippen LogP contribution >= 0.6 is 0 Å². The highest BCUT2D eigenvalue weighted by molar-refractivity contribution is 4.95. The van der Waals surface area contributed by atoms with Crippen LogP contribution in [-0.4, -0.2) is 29.1 Å². The van der Waals surface area contributed by atoms with E-state index in [1.54, 1.807) is 0 Å². The summed E-state index contributed by atoms with van der Waals surface area (Å²) >= 11 is 0. The van der Waals surface area contributed by atoms with Crippen molar-refractivity contribution in [3.05, 3.63) is 12.4 Å². The Kier molecular flexibility index (Phi) is 23.1. The summed E-state index contributed by atoms with van der Waals surface area (Å²) in [6.45, 7) is 9.48. The van der Waals surface area contributed by atoms with Gasteiger partial charge in [0, 0.05) is 25.5 Å². The standard InChI is InChI=1S/C33H66N2/c1-4-6-8-10-12-14-16-17-18-20-22-24-26-28-30-35-32-31-34(33(35)3)29-27-25-23-21-19-15-13-11-9-7-5-2/h31-33H,4-30H2,1-3H3. The molecule has 2 nitrogen and oxygen atoms in total. The van der Waals surface area contributed by atoms with E-state index in [-0.39, 0.29) is 0 Å². The highest BCUT2D eigenvalue weighted by Crippen LogP contribution is 2.19. The van der Waals surface area contributed by atoms with E-state index >= 15 is 0 Å². The SMILES string of the molecule is CCCCCCCCCCCCCCCCN1C=CN(CCCCCCCCCCCCC)C1C. The molecule has 0 fully saturated rings. The third kappa shape index (κ3) is 19.2. The lowest BCUT2D eigenvalue weighted by atomic mass is 10.0. The van der Waals surface area contributed by atoms with Crippen molar-refractivity contribution < 1.29 is 0 Å². The quantitative estimate of drug-likeness (QED) is 0.106. The summed E-state index contributed by atoms with van der Waals surface area (Å²) in [5.41, 5.74) is 0. The Morgan fingerprint density at radius 2 is 0.600 bits per heavy atom. The summed E-state index contributed by atoms with van der Waals surface area (Å²) in [5, 5.41) is 0. The first-order valence-corrected chi connectivity index (χ1v) is 16.5. The maximum Gasteiger partial charge on any atom is 0.0977 e. The predicted octanol–water partition coefficient (Wildman–Crippen LogP) is 11.2. The van der Waals surface area contributed by atoms with Gasteiger partial charge in [-0.25, -0.2) is 0 Å². The lowest BCUT2D eigenvalue weighted by Gasteiger charge is -2.30. The van der Waals surface area contributed by atoms with Crippen LogP contribution in [0.25, 0.3) is 0 Å². The first-order valence-electron chi connectivity index (χ1n) is 16.5. The Morgan fingerprint density at radius 1 is 0.371 bits per heavy atom. The highest BCUT2D eigenvalue weighted by Gasteiger charge is 2.20. The van der Waals surface area contributed by atoms with E-state index in [1.807, 2.05) is 0 Å². The minimum absolute atomic E-state index is 0.570. The second-order valence-corrected chi connectivity index (χ2v) is 11.5. The Morgan fingerprint density at radius 3 is 0.857 bits per heavy atom. The van der Waals surface area contributed by atoms with Gasteiger partial charge in [-0.2, -0.15) is 0 Å². The molecule has 0 aromatic heterocycles. The fraction of sp³-hybridized carbons (Fsp3) is 0.939. The molecule has 1 aliphatic rings. The zero-order valence-corrected chi connectivity index (χ0v) is 24.7. The normalized spacial score (nSPS) is 15.6. The smallest absolute Gasteiger partial charge is 0.0977 e. The largest absolute Gasteiger partial charge is 0.356 e. The van der Waals surface area contributed by atoms with Gasteiger partial charge in [0.2, 0.25) is 0 Å². The van der Waals surface area contributed by atoms with Gasteiger partial charge in [-0.1, -0.05) is 162 Å². The van der Waals surface area contributed by atoms with Crippen molar-refractivity contribution in [2.45, 2.75) is 187 Å². The monoisotopic (exact) mass is 491 g/mol. The molecule has 1 unspecified atom stereocenters. The molecule has 0 amide bonds. The van der Waals surface area contributed by atoms with Gasteiger partial charge in [0.15, 0.2) is 0 Å². The molecule has 2 heteroatoms. The van der Waals surface area contributed by atoms with E-state index in [1.165, 1.54) is 174 Å². The fourth-order valence-electron chi connectivity index (χ4n) is 5.58. The van der Waals surface area contributed by atoms with E-state index in [0.29, 0.717) is 6.17 Å². The molecule has 1 rings (SSSR count). The summed E-state index contributed by atoms with van der Waals surface area (Å²) in [5.74, 6) is 0. The van der Waals surface area contributed by atoms with E-state index in [0.717, 1.165) is 0 Å². The van der Waals surface area contributed by atoms with Crippen molar-refractivity contribution in [1.29, 1.82) is 0 Å². The summed E-state index contributed by atoms with van der Waals surface area (Å²) in [7, 11) is 0. The van der Waals surface area contributed by atoms with Gasteiger partial charge in [0.05, 0.1) is 6.17 Å². The molecule has 0 aromatic carbocycles. The summed E-state index contributed by atoms with van der Waals surface area (Å²) < 4.78 is 0. The topological polar surface area (TPSA) is 6.48 Å². The van der Waals surface area contributed by atoms with Crippen molar-refractivity contribution >= 4 is 0 Å². The zero-order chi connectivity index (χ0) is 25.2. The zero-order valence-electron chi connectivity index (χ0n) is 24.7. The number of hydrogen-bond acceptors (Lipinski definition) is 2. The molecule has 208 valence electrons. The first kappa shape index (κ1) is 32.4. The van der Waals surface area contributed by atoms with Crippen molar-refractivity contribution in [2.24, 2.45) is 0 Å². The maximum absolute atomic E-state index is 2.57. The lowest BCUT2D eigenvalue weighted by molar-refractivity contribution is 0.165. The molecule has 1 atom stereocenters. The third-order valence-corrected chi connectivity index (χ3v) is 8.20. The maximum atomic E-state index is 2.57. The second-order valence-electron chi connectivity index (χ2n) is 11.5. The van der Waals surface area contributed by atoms with Crippen LogP contribution in [0.4, 0.5) is 0 Å². The molecule has 0 spiro atoms. The van der Waals surface area contributed by atoms with Crippen LogP contribution in [0, 0.1) is 0 Å². The molecule has 0 aromatic rings. The molecule has 0 radical (unpaired) electrons. The molecule has 0 aliphatic carbocycles. The molecule has 0 saturated heterocycles. The van der Waals surface area contributed by atoms with E-state index in [4.69, 9.17) is 0 Å². The van der Waals surface area contributed by atoms with Crippen LogP contribution in [-0.2, 0) is 0 Å². The molecular weight excluding hydrogens is 424 g/mol. The summed E-state index contributed by atoms with van der Waals surface area (Å²) in [4.78, 5) is 5.14. The molecule has 0 saturated carbocycles.